The van der Waals surface area contributed by atoms with E-state index in [1.807, 2.05) is 36.4 Å². The van der Waals surface area contributed by atoms with Crippen molar-refractivity contribution in [3.63, 3.8) is 0 Å². The third kappa shape index (κ3) is 5.18. The summed E-state index contributed by atoms with van der Waals surface area (Å²) in [5, 5.41) is -0.407. The minimum Gasteiger partial charge on any atom is -0.497 e. The van der Waals surface area contributed by atoms with Crippen LogP contribution in [0, 0.1) is 0 Å². The number of hydrogen-bond donors (Lipinski definition) is 0. The molecule has 0 saturated carbocycles. The summed E-state index contributed by atoms with van der Waals surface area (Å²) in [6.07, 6.45) is 0. The van der Waals surface area contributed by atoms with E-state index < -0.39 is 5.24 Å². The van der Waals surface area contributed by atoms with Crippen molar-refractivity contribution in [3.8, 4) is 5.75 Å². The van der Waals surface area contributed by atoms with Gasteiger partial charge in [-0.3, -0.25) is 4.79 Å². The molecular weight excluding hydrogens is 236 g/mol. The van der Waals surface area contributed by atoms with Crippen molar-refractivity contribution in [2.45, 2.75) is 0 Å². The van der Waals surface area contributed by atoms with Crippen LogP contribution in [0.4, 0.5) is 0 Å². The summed E-state index contributed by atoms with van der Waals surface area (Å²) in [4.78, 5) is 10.4. The molecule has 0 bridgehead atoms. The first-order chi connectivity index (χ1) is 8.24. The fourth-order valence-corrected chi connectivity index (χ4v) is 1.25. The molecule has 2 aromatic rings. The SMILES string of the molecule is COc1ccccc1.O=C(Cl)c1ccccc1. The monoisotopic (exact) mass is 248 g/mol. The number of benzene rings is 2. The van der Waals surface area contributed by atoms with E-state index in [1.54, 1.807) is 31.4 Å². The molecule has 88 valence electrons. The van der Waals surface area contributed by atoms with Crippen molar-refractivity contribution < 1.29 is 9.53 Å². The third-order valence-corrected chi connectivity index (χ3v) is 2.20. The van der Waals surface area contributed by atoms with E-state index in [2.05, 4.69) is 0 Å². The predicted molar refractivity (Wildman–Crippen MR) is 69.6 cm³/mol. The van der Waals surface area contributed by atoms with E-state index in [4.69, 9.17) is 16.3 Å². The Morgan fingerprint density at radius 3 is 1.71 bits per heavy atom. The van der Waals surface area contributed by atoms with Crippen LogP contribution in [0.15, 0.2) is 60.7 Å². The number of rotatable bonds is 2. The van der Waals surface area contributed by atoms with E-state index in [1.165, 1.54) is 0 Å². The van der Waals surface area contributed by atoms with Gasteiger partial charge in [0.05, 0.1) is 7.11 Å². The van der Waals surface area contributed by atoms with Gasteiger partial charge in [-0.2, -0.15) is 0 Å². The zero-order valence-corrected chi connectivity index (χ0v) is 10.2. The van der Waals surface area contributed by atoms with Crippen LogP contribution in [0.3, 0.4) is 0 Å². The van der Waals surface area contributed by atoms with E-state index in [0.717, 1.165) is 5.75 Å². The van der Waals surface area contributed by atoms with Gasteiger partial charge in [-0.25, -0.2) is 0 Å². The molecule has 0 aromatic heterocycles. The van der Waals surface area contributed by atoms with Crippen LogP contribution in [0.1, 0.15) is 10.4 Å². The molecule has 0 heterocycles. The Bertz CT molecular complexity index is 440. The highest BCUT2D eigenvalue weighted by atomic mass is 35.5. The lowest BCUT2D eigenvalue weighted by Crippen LogP contribution is -1.84. The van der Waals surface area contributed by atoms with E-state index in [-0.39, 0.29) is 0 Å². The summed E-state index contributed by atoms with van der Waals surface area (Å²) < 4.78 is 4.91. The molecule has 3 heteroatoms. The topological polar surface area (TPSA) is 26.3 Å². The van der Waals surface area contributed by atoms with E-state index in [9.17, 15) is 4.79 Å². The van der Waals surface area contributed by atoms with Crippen molar-refractivity contribution >= 4 is 16.8 Å². The van der Waals surface area contributed by atoms with Gasteiger partial charge in [0.2, 0.25) is 0 Å². The summed E-state index contributed by atoms with van der Waals surface area (Å²) >= 11 is 5.16. The van der Waals surface area contributed by atoms with Crippen LogP contribution < -0.4 is 4.74 Å². The van der Waals surface area contributed by atoms with Crippen molar-refractivity contribution in [1.29, 1.82) is 0 Å². The van der Waals surface area contributed by atoms with Crippen LogP contribution in [-0.2, 0) is 0 Å². The first kappa shape index (κ1) is 13.3. The van der Waals surface area contributed by atoms with Crippen LogP contribution in [0.25, 0.3) is 0 Å². The highest BCUT2D eigenvalue weighted by Crippen LogP contribution is 2.05. The molecule has 0 amide bonds. The van der Waals surface area contributed by atoms with Crippen LogP contribution in [-0.4, -0.2) is 12.4 Å². The first-order valence-electron chi connectivity index (χ1n) is 5.08. The molecule has 0 radical (unpaired) electrons. The molecule has 0 atom stereocenters. The number of carbonyl (C=O) groups is 1. The van der Waals surface area contributed by atoms with Gasteiger partial charge in [-0.1, -0.05) is 48.5 Å². The van der Waals surface area contributed by atoms with Crippen LogP contribution in [0.2, 0.25) is 0 Å². The fraction of sp³-hybridized carbons (Fsp3) is 0.0714. The third-order valence-electron chi connectivity index (χ3n) is 1.98. The first-order valence-corrected chi connectivity index (χ1v) is 5.45. The highest BCUT2D eigenvalue weighted by molar-refractivity contribution is 6.67. The smallest absolute Gasteiger partial charge is 0.252 e. The predicted octanol–water partition coefficient (Wildman–Crippen LogP) is 3.76. The molecule has 2 nitrogen and oxygen atoms in total. The lowest BCUT2D eigenvalue weighted by atomic mass is 10.2. The maximum Gasteiger partial charge on any atom is 0.252 e. The Kier molecular flexibility index (Phi) is 5.83. The van der Waals surface area contributed by atoms with Gasteiger partial charge in [0, 0.05) is 5.56 Å². The van der Waals surface area contributed by atoms with Gasteiger partial charge in [0.1, 0.15) is 5.75 Å². The molecule has 2 aromatic carbocycles. The number of carbonyl (C=O) groups excluding carboxylic acids is 1. The van der Waals surface area contributed by atoms with Crippen LogP contribution in [0.5, 0.6) is 5.75 Å². The molecule has 0 unspecified atom stereocenters. The van der Waals surface area contributed by atoms with Gasteiger partial charge >= 0.3 is 0 Å². The average molecular weight is 249 g/mol. The summed E-state index contributed by atoms with van der Waals surface area (Å²) in [6, 6.07) is 18.4. The minimum atomic E-state index is -0.407. The maximum atomic E-state index is 10.4. The summed E-state index contributed by atoms with van der Waals surface area (Å²) in [7, 11) is 1.66. The Hall–Kier alpha value is -1.80. The second-order valence-corrected chi connectivity index (χ2v) is 3.50. The zero-order valence-electron chi connectivity index (χ0n) is 9.47. The van der Waals surface area contributed by atoms with Gasteiger partial charge in [-0.15, -0.1) is 0 Å². The summed E-state index contributed by atoms with van der Waals surface area (Å²) in [5.41, 5.74) is 0.541. The second-order valence-electron chi connectivity index (χ2n) is 3.16. The van der Waals surface area contributed by atoms with Crippen molar-refractivity contribution in [3.05, 3.63) is 66.2 Å². The van der Waals surface area contributed by atoms with Crippen molar-refractivity contribution in [2.75, 3.05) is 7.11 Å². The van der Waals surface area contributed by atoms with E-state index >= 15 is 0 Å². The minimum absolute atomic E-state index is 0.407. The van der Waals surface area contributed by atoms with E-state index in [0.29, 0.717) is 5.56 Å². The molecule has 17 heavy (non-hydrogen) atoms. The Morgan fingerprint density at radius 2 is 1.41 bits per heavy atom. The number of para-hydroxylation sites is 1. The highest BCUT2D eigenvalue weighted by Gasteiger charge is 1.95. The zero-order chi connectivity index (χ0) is 12.5. The number of ether oxygens (including phenoxy) is 1. The second kappa shape index (κ2) is 7.47. The Morgan fingerprint density at radius 1 is 0.941 bits per heavy atom. The molecule has 0 aliphatic carbocycles. The molecule has 2 rings (SSSR count). The number of halogens is 1. The van der Waals surface area contributed by atoms with Gasteiger partial charge < -0.3 is 4.74 Å². The molecule has 0 saturated heterocycles. The average Bonchev–Trinajstić information content (AvgIpc) is 2.41. The van der Waals surface area contributed by atoms with Crippen molar-refractivity contribution in [2.24, 2.45) is 0 Å². The fourth-order valence-electron chi connectivity index (χ4n) is 1.13. The van der Waals surface area contributed by atoms with Gasteiger partial charge in [-0.05, 0) is 23.7 Å². The summed E-state index contributed by atoms with van der Waals surface area (Å²) in [5.74, 6) is 0.910. The molecular formula is C14H13ClO2. The molecule has 0 spiro atoms. The van der Waals surface area contributed by atoms with Gasteiger partial charge in [0.25, 0.3) is 5.24 Å². The Labute approximate surface area is 106 Å². The molecule has 0 aliphatic rings. The van der Waals surface area contributed by atoms with Gasteiger partial charge in [0.15, 0.2) is 0 Å². The standard InChI is InChI=1S/C7H5ClO.C7H8O/c8-7(9)6-4-2-1-3-5-6;1-8-7-5-3-2-4-6-7/h1-5H;2-6H,1H3. The lowest BCUT2D eigenvalue weighted by Gasteiger charge is -1.93. The summed E-state index contributed by atoms with van der Waals surface area (Å²) in [6.45, 7) is 0. The molecule has 0 aliphatic heterocycles. The lowest BCUT2D eigenvalue weighted by molar-refractivity contribution is 0.108. The Balaban J connectivity index is 0.000000171. The normalized spacial score (nSPS) is 8.82. The van der Waals surface area contributed by atoms with Crippen molar-refractivity contribution in [1.82, 2.24) is 0 Å². The largest absolute Gasteiger partial charge is 0.497 e. The molecule has 0 N–H and O–H groups in total. The number of hydrogen-bond acceptors (Lipinski definition) is 2. The van der Waals surface area contributed by atoms with Crippen LogP contribution >= 0.6 is 11.6 Å². The molecule has 0 fully saturated rings. The maximum absolute atomic E-state index is 10.4. The number of methoxy groups -OCH3 is 1. The quantitative estimate of drug-likeness (QED) is 0.757.